The van der Waals surface area contributed by atoms with Gasteiger partial charge in [0.15, 0.2) is 17.5 Å². The van der Waals surface area contributed by atoms with E-state index in [1.54, 1.807) is 0 Å². The summed E-state index contributed by atoms with van der Waals surface area (Å²) >= 11 is 0. The summed E-state index contributed by atoms with van der Waals surface area (Å²) in [7, 11) is 0. The van der Waals surface area contributed by atoms with Gasteiger partial charge in [-0.1, -0.05) is 170 Å². The second-order valence-electron chi connectivity index (χ2n) is 15.2. The van der Waals surface area contributed by atoms with Gasteiger partial charge in [-0.15, -0.1) is 0 Å². The van der Waals surface area contributed by atoms with Crippen molar-refractivity contribution in [2.45, 2.75) is 63.2 Å². The van der Waals surface area contributed by atoms with Crippen LogP contribution in [0.2, 0.25) is 0 Å². The molecule has 3 nitrogen and oxygen atoms in total. The first-order valence-electron chi connectivity index (χ1n) is 20.4. The second kappa shape index (κ2) is 16.7. The SMILES string of the molecule is C1=CCCCC(c2cc(C3C=CC=CC3)cc(-c3ccccc3)c2C2C=CC(c3nc(C4=CCCCC=C4)nc(-c4cccc(-c5ccccc5)c4)n3)=CC2)=C1. The fraction of sp³-hybridized carbons (Fsp3) is 0.189. The fourth-order valence-electron chi connectivity index (χ4n) is 8.41. The first-order chi connectivity index (χ1) is 27.8. The molecule has 56 heavy (non-hydrogen) atoms. The van der Waals surface area contributed by atoms with Gasteiger partial charge in [-0.05, 0) is 102 Å². The van der Waals surface area contributed by atoms with Gasteiger partial charge < -0.3 is 0 Å². The lowest BCUT2D eigenvalue weighted by atomic mass is 9.77. The summed E-state index contributed by atoms with van der Waals surface area (Å²) in [5.74, 6) is 2.71. The first-order valence-corrected chi connectivity index (χ1v) is 20.4. The summed E-state index contributed by atoms with van der Waals surface area (Å²) in [6.45, 7) is 0. The molecule has 2 unspecified atom stereocenters. The Morgan fingerprint density at radius 2 is 1.21 bits per heavy atom. The lowest BCUT2D eigenvalue weighted by Crippen LogP contribution is -2.09. The highest BCUT2D eigenvalue weighted by atomic mass is 15.0. The van der Waals surface area contributed by atoms with E-state index in [9.17, 15) is 0 Å². The molecular weight excluding hydrogens is 679 g/mol. The lowest BCUT2D eigenvalue weighted by molar-refractivity contribution is 0.828. The highest BCUT2D eigenvalue weighted by Gasteiger charge is 2.25. The summed E-state index contributed by atoms with van der Waals surface area (Å²) in [5, 5.41) is 0. The Morgan fingerprint density at radius 1 is 0.482 bits per heavy atom. The average molecular weight is 726 g/mol. The van der Waals surface area contributed by atoms with Gasteiger partial charge in [0.2, 0.25) is 0 Å². The largest absolute Gasteiger partial charge is 0.208 e. The Kier molecular flexibility index (Phi) is 10.6. The van der Waals surface area contributed by atoms with Crippen molar-refractivity contribution >= 4 is 16.7 Å². The van der Waals surface area contributed by atoms with Crippen molar-refractivity contribution in [2.75, 3.05) is 0 Å². The van der Waals surface area contributed by atoms with E-state index >= 15 is 0 Å². The van der Waals surface area contributed by atoms with Crippen molar-refractivity contribution in [1.82, 2.24) is 15.0 Å². The predicted molar refractivity (Wildman–Crippen MR) is 235 cm³/mol. The van der Waals surface area contributed by atoms with Crippen LogP contribution in [0.5, 0.6) is 0 Å². The van der Waals surface area contributed by atoms with Crippen LogP contribution in [0.15, 0.2) is 176 Å². The molecule has 3 heteroatoms. The van der Waals surface area contributed by atoms with E-state index in [0.717, 1.165) is 85.3 Å². The number of benzene rings is 4. The van der Waals surface area contributed by atoms with Crippen LogP contribution in [0, 0.1) is 0 Å². The quantitative estimate of drug-likeness (QED) is 0.160. The maximum absolute atomic E-state index is 5.19. The third-order valence-corrected chi connectivity index (χ3v) is 11.4. The molecule has 0 fully saturated rings. The second-order valence-corrected chi connectivity index (χ2v) is 15.2. The maximum Gasteiger partial charge on any atom is 0.164 e. The Bertz CT molecular complexity index is 2470. The van der Waals surface area contributed by atoms with Gasteiger partial charge in [0.1, 0.15) is 0 Å². The van der Waals surface area contributed by atoms with Crippen molar-refractivity contribution in [1.29, 1.82) is 0 Å². The molecule has 0 bridgehead atoms. The number of hydrogen-bond donors (Lipinski definition) is 0. The van der Waals surface area contributed by atoms with Crippen molar-refractivity contribution in [3.05, 3.63) is 204 Å². The number of nitrogens with zero attached hydrogens (tertiary/aromatic N) is 3. The summed E-state index contributed by atoms with van der Waals surface area (Å²) in [5.41, 5.74) is 13.6. The standard InChI is InChI=1S/C53H47N3/c1-2-9-24-40(23-8-1)48-36-47(39-21-14-6-15-22-39)37-49(41-25-16-7-17-26-41)50(48)42-31-33-44(34-32-42)52-54-51(43-27-10-3-4-11-28-43)55-53(56-52)46-30-18-29-45(35-46)38-19-12-5-13-20-38/h1,5-8,10,12-21,23,25-31,33-37,39,42H,2-4,9,11,22,24,32H2. The van der Waals surface area contributed by atoms with Gasteiger partial charge in [-0.2, -0.15) is 0 Å². The van der Waals surface area contributed by atoms with Crippen LogP contribution < -0.4 is 0 Å². The summed E-state index contributed by atoms with van der Waals surface area (Å²) in [6.07, 6.45) is 38.1. The van der Waals surface area contributed by atoms with Gasteiger partial charge in [0.25, 0.3) is 0 Å². The molecule has 0 spiro atoms. The zero-order valence-electron chi connectivity index (χ0n) is 31.9. The summed E-state index contributed by atoms with van der Waals surface area (Å²) < 4.78 is 0. The van der Waals surface area contributed by atoms with Gasteiger partial charge in [0.05, 0.1) is 0 Å². The molecule has 1 aromatic heterocycles. The number of aromatic nitrogens is 3. The fourth-order valence-corrected chi connectivity index (χ4v) is 8.41. The smallest absolute Gasteiger partial charge is 0.164 e. The topological polar surface area (TPSA) is 38.7 Å². The highest BCUT2D eigenvalue weighted by Crippen LogP contribution is 2.44. The van der Waals surface area contributed by atoms with Crippen LogP contribution >= 0.6 is 0 Å². The highest BCUT2D eigenvalue weighted by molar-refractivity contribution is 5.82. The van der Waals surface area contributed by atoms with Gasteiger partial charge in [0, 0.05) is 28.5 Å². The summed E-state index contributed by atoms with van der Waals surface area (Å²) in [6, 6.07) is 35.1. The molecule has 4 aliphatic rings. The van der Waals surface area contributed by atoms with E-state index in [1.807, 2.05) is 0 Å². The zero-order chi connectivity index (χ0) is 37.5. The van der Waals surface area contributed by atoms with Crippen LogP contribution in [-0.4, -0.2) is 15.0 Å². The average Bonchev–Trinajstić information content (AvgIpc) is 3.74. The molecule has 2 atom stereocenters. The van der Waals surface area contributed by atoms with Gasteiger partial charge >= 0.3 is 0 Å². The third-order valence-electron chi connectivity index (χ3n) is 11.4. The molecule has 0 amide bonds. The minimum absolute atomic E-state index is 0.198. The molecule has 4 aliphatic carbocycles. The Hall–Kier alpha value is -6.19. The zero-order valence-corrected chi connectivity index (χ0v) is 31.9. The van der Waals surface area contributed by atoms with Crippen molar-refractivity contribution in [2.24, 2.45) is 0 Å². The van der Waals surface area contributed by atoms with E-state index in [-0.39, 0.29) is 5.92 Å². The summed E-state index contributed by atoms with van der Waals surface area (Å²) in [4.78, 5) is 15.5. The van der Waals surface area contributed by atoms with E-state index in [4.69, 9.17) is 15.0 Å². The number of allylic oxidation sites excluding steroid dienone is 16. The van der Waals surface area contributed by atoms with Crippen molar-refractivity contribution in [3.63, 3.8) is 0 Å². The molecule has 0 saturated carbocycles. The lowest BCUT2D eigenvalue weighted by Gasteiger charge is -2.27. The molecule has 0 radical (unpaired) electrons. The van der Waals surface area contributed by atoms with Crippen molar-refractivity contribution < 1.29 is 0 Å². The van der Waals surface area contributed by atoms with Crippen LogP contribution in [0.4, 0.5) is 0 Å². The molecule has 0 N–H and O–H groups in total. The Balaban J connectivity index is 1.13. The van der Waals surface area contributed by atoms with E-state index < -0.39 is 0 Å². The minimum Gasteiger partial charge on any atom is -0.208 e. The molecule has 5 aromatic rings. The van der Waals surface area contributed by atoms with Crippen LogP contribution in [0.1, 0.15) is 91.5 Å². The molecule has 1 heterocycles. The molecule has 9 rings (SSSR count). The van der Waals surface area contributed by atoms with Crippen LogP contribution in [0.3, 0.4) is 0 Å². The molecule has 0 aliphatic heterocycles. The van der Waals surface area contributed by atoms with Gasteiger partial charge in [-0.25, -0.2) is 15.0 Å². The van der Waals surface area contributed by atoms with Crippen molar-refractivity contribution in [3.8, 4) is 33.6 Å². The monoisotopic (exact) mass is 725 g/mol. The molecule has 274 valence electrons. The number of rotatable bonds is 8. The Morgan fingerprint density at radius 3 is 2.00 bits per heavy atom. The van der Waals surface area contributed by atoms with Crippen LogP contribution in [-0.2, 0) is 0 Å². The Labute approximate surface area is 331 Å². The number of hydrogen-bond acceptors (Lipinski definition) is 3. The molecular formula is C53H47N3. The first kappa shape index (κ1) is 35.5. The van der Waals surface area contributed by atoms with E-state index in [2.05, 4.69) is 176 Å². The normalized spacial score (nSPS) is 19.2. The maximum atomic E-state index is 5.19. The minimum atomic E-state index is 0.198. The predicted octanol–water partition coefficient (Wildman–Crippen LogP) is 13.8. The van der Waals surface area contributed by atoms with Crippen LogP contribution in [0.25, 0.3) is 50.4 Å². The molecule has 0 saturated heterocycles. The van der Waals surface area contributed by atoms with Gasteiger partial charge in [-0.3, -0.25) is 0 Å². The molecule has 4 aromatic carbocycles. The third kappa shape index (κ3) is 7.81. The van der Waals surface area contributed by atoms with E-state index in [0.29, 0.717) is 11.7 Å². The van der Waals surface area contributed by atoms with E-state index in [1.165, 1.54) is 39.0 Å².